The van der Waals surface area contributed by atoms with E-state index in [0.717, 1.165) is 23.7 Å². The van der Waals surface area contributed by atoms with Gasteiger partial charge in [-0.25, -0.2) is 4.79 Å². The van der Waals surface area contributed by atoms with Crippen LogP contribution >= 0.6 is 0 Å². The maximum atomic E-state index is 13.8. The summed E-state index contributed by atoms with van der Waals surface area (Å²) in [5.41, 5.74) is -2.96. The first kappa shape index (κ1) is 39.2. The van der Waals surface area contributed by atoms with Crippen molar-refractivity contribution in [3.05, 3.63) is 47.0 Å². The lowest BCUT2D eigenvalue weighted by atomic mass is 9.53. The molecule has 2 bridgehead atoms. The third kappa shape index (κ3) is 7.29. The Bertz CT molecular complexity index is 1400. The van der Waals surface area contributed by atoms with Crippen LogP contribution in [0.2, 0.25) is 18.1 Å². The highest BCUT2D eigenvalue weighted by Gasteiger charge is 2.65. The van der Waals surface area contributed by atoms with Gasteiger partial charge < -0.3 is 33.6 Å². The number of allylic oxidation sites excluding steroid dienone is 1. The van der Waals surface area contributed by atoms with Gasteiger partial charge >= 0.3 is 17.9 Å². The van der Waals surface area contributed by atoms with E-state index in [4.69, 9.17) is 23.4 Å². The molecule has 4 rings (SSSR count). The standard InChI is InChI=1S/C38H58O10Si/c1-11-49(12-2,13-3)48-28(21-29-37(10,23-44-29)47-26(6)40)36(9)22-30(46-34(42)27-17-15-14-16-18-27)38(43)20-19-24(4)31(35(38,7)8)32(33(36)41)45-25(5)39/h14-18,28-30,32-33,41,43H,11-13,19-23H2,1-10H3/t28-,29+,30+,32+,33+,36-,37?,38+/m0/s1. The molecule has 0 radical (unpaired) electrons. The number of ether oxygens (including phenoxy) is 4. The van der Waals surface area contributed by atoms with Crippen LogP contribution in [-0.2, 0) is 33.0 Å². The molecular weight excluding hydrogens is 644 g/mol. The molecule has 8 atom stereocenters. The minimum atomic E-state index is -2.42. The van der Waals surface area contributed by atoms with Crippen LogP contribution in [0.5, 0.6) is 0 Å². The SMILES string of the molecule is CC[Si](CC)(CC)O[C@@H](C[C@H]1OCC1(C)OC(C)=O)[C@]1(C)C[C@@H](OC(=O)c2ccccc2)[C@]2(O)CCC(C)=C([C@@H](OC(C)=O)[C@H]1O)C2(C)C. The summed E-state index contributed by atoms with van der Waals surface area (Å²) in [6.45, 7) is 18.6. The molecule has 2 N–H and O–H groups in total. The highest BCUT2D eigenvalue weighted by Crippen LogP contribution is 2.58. The Hall–Kier alpha value is -2.57. The van der Waals surface area contributed by atoms with E-state index in [1.165, 1.54) is 13.8 Å². The summed E-state index contributed by atoms with van der Waals surface area (Å²) in [5.74, 6) is -1.57. The number of fused-ring (bicyclic) bond motifs is 2. The molecule has 1 saturated carbocycles. The highest BCUT2D eigenvalue weighted by atomic mass is 28.4. The van der Waals surface area contributed by atoms with Crippen molar-refractivity contribution >= 4 is 26.2 Å². The number of rotatable bonds is 12. The zero-order chi connectivity index (χ0) is 36.6. The van der Waals surface area contributed by atoms with Crippen molar-refractivity contribution < 1.29 is 48.0 Å². The smallest absolute Gasteiger partial charge is 0.338 e. The molecule has 2 fully saturated rings. The van der Waals surface area contributed by atoms with Crippen LogP contribution in [0.25, 0.3) is 0 Å². The minimum absolute atomic E-state index is 0.0000515. The lowest BCUT2D eigenvalue weighted by Crippen LogP contribution is -2.68. The average molecular weight is 703 g/mol. The average Bonchev–Trinajstić information content (AvgIpc) is 3.04. The van der Waals surface area contributed by atoms with E-state index in [-0.39, 0.29) is 19.4 Å². The fourth-order valence-electron chi connectivity index (χ4n) is 8.61. The van der Waals surface area contributed by atoms with E-state index < -0.39 is 78.8 Å². The van der Waals surface area contributed by atoms with Crippen molar-refractivity contribution in [1.82, 2.24) is 0 Å². The molecule has 0 spiro atoms. The Morgan fingerprint density at radius 2 is 1.59 bits per heavy atom. The maximum absolute atomic E-state index is 13.8. The monoisotopic (exact) mass is 702 g/mol. The molecule has 49 heavy (non-hydrogen) atoms. The lowest BCUT2D eigenvalue weighted by molar-refractivity contribution is -0.258. The molecule has 0 aromatic heterocycles. The predicted molar refractivity (Wildman–Crippen MR) is 187 cm³/mol. The van der Waals surface area contributed by atoms with Crippen LogP contribution in [0.15, 0.2) is 41.5 Å². The van der Waals surface area contributed by atoms with Crippen molar-refractivity contribution in [1.29, 1.82) is 0 Å². The van der Waals surface area contributed by atoms with Gasteiger partial charge in [0.15, 0.2) is 20.0 Å². The summed E-state index contributed by atoms with van der Waals surface area (Å²) in [5, 5.41) is 25.7. The van der Waals surface area contributed by atoms with Crippen molar-refractivity contribution in [2.75, 3.05) is 6.61 Å². The third-order valence-corrected chi connectivity index (χ3v) is 16.8. The van der Waals surface area contributed by atoms with Gasteiger partial charge in [0.05, 0.1) is 18.3 Å². The molecule has 1 saturated heterocycles. The van der Waals surface area contributed by atoms with Crippen molar-refractivity contribution in [2.24, 2.45) is 10.8 Å². The molecule has 1 aromatic rings. The Labute approximate surface area is 293 Å². The fraction of sp³-hybridized carbons (Fsp3) is 0.711. The van der Waals surface area contributed by atoms with Gasteiger partial charge in [0.2, 0.25) is 0 Å². The summed E-state index contributed by atoms with van der Waals surface area (Å²) in [6.07, 6.45) is -3.79. The van der Waals surface area contributed by atoms with Gasteiger partial charge in [-0.2, -0.15) is 0 Å². The van der Waals surface area contributed by atoms with E-state index >= 15 is 0 Å². The molecule has 3 aliphatic rings. The number of esters is 3. The van der Waals surface area contributed by atoms with Gasteiger partial charge in [0.1, 0.15) is 23.9 Å². The highest BCUT2D eigenvalue weighted by molar-refractivity contribution is 6.73. The quantitative estimate of drug-likeness (QED) is 0.111. The number of aliphatic hydroxyl groups excluding tert-OH is 1. The molecule has 1 aliphatic heterocycles. The van der Waals surface area contributed by atoms with E-state index in [1.807, 2.05) is 40.7 Å². The van der Waals surface area contributed by atoms with Crippen LogP contribution in [0.1, 0.15) is 105 Å². The van der Waals surface area contributed by atoms with Gasteiger partial charge in [-0.1, -0.05) is 65.3 Å². The summed E-state index contributed by atoms with van der Waals surface area (Å²) >= 11 is 0. The van der Waals surface area contributed by atoms with E-state index in [1.54, 1.807) is 24.3 Å². The fourth-order valence-corrected chi connectivity index (χ4v) is 11.6. The van der Waals surface area contributed by atoms with E-state index in [2.05, 4.69) is 20.8 Å². The first-order chi connectivity index (χ1) is 22.8. The second-order valence-corrected chi connectivity index (χ2v) is 20.2. The predicted octanol–water partition coefficient (Wildman–Crippen LogP) is 6.28. The molecular formula is C38H58O10Si. The molecule has 1 unspecified atom stereocenters. The summed E-state index contributed by atoms with van der Waals surface area (Å²) in [6, 6.07) is 11.1. The van der Waals surface area contributed by atoms with Gasteiger partial charge in [0, 0.05) is 31.1 Å². The topological polar surface area (TPSA) is 138 Å². The van der Waals surface area contributed by atoms with Gasteiger partial charge in [-0.15, -0.1) is 0 Å². The van der Waals surface area contributed by atoms with Gasteiger partial charge in [-0.3, -0.25) is 9.59 Å². The normalized spacial score (nSPS) is 33.4. The van der Waals surface area contributed by atoms with Crippen LogP contribution in [-0.4, -0.2) is 84.8 Å². The van der Waals surface area contributed by atoms with Gasteiger partial charge in [-0.05, 0) is 68.9 Å². The van der Waals surface area contributed by atoms with Crippen molar-refractivity contribution in [3.63, 3.8) is 0 Å². The molecule has 11 heteroatoms. The van der Waals surface area contributed by atoms with Gasteiger partial charge in [0.25, 0.3) is 0 Å². The first-order valence-corrected chi connectivity index (χ1v) is 20.4. The molecule has 0 amide bonds. The summed E-state index contributed by atoms with van der Waals surface area (Å²) < 4.78 is 31.5. The zero-order valence-corrected chi connectivity index (χ0v) is 32.1. The van der Waals surface area contributed by atoms with Crippen LogP contribution < -0.4 is 0 Å². The largest absolute Gasteiger partial charge is 0.456 e. The third-order valence-electron chi connectivity index (χ3n) is 12.2. The Morgan fingerprint density at radius 3 is 2.10 bits per heavy atom. The minimum Gasteiger partial charge on any atom is -0.456 e. The molecule has 1 heterocycles. The number of carbonyl (C=O) groups is 3. The van der Waals surface area contributed by atoms with Crippen LogP contribution in [0, 0.1) is 10.8 Å². The Balaban J connectivity index is 1.95. The zero-order valence-electron chi connectivity index (χ0n) is 31.1. The Kier molecular flexibility index (Phi) is 11.7. The number of aliphatic hydroxyl groups is 2. The number of hydrogen-bond acceptors (Lipinski definition) is 10. The second kappa shape index (κ2) is 14.6. The number of hydrogen-bond donors (Lipinski definition) is 2. The van der Waals surface area contributed by atoms with Crippen LogP contribution in [0.3, 0.4) is 0 Å². The molecule has 274 valence electrons. The van der Waals surface area contributed by atoms with E-state index in [0.29, 0.717) is 24.0 Å². The molecule has 10 nitrogen and oxygen atoms in total. The number of carbonyl (C=O) groups excluding carboxylic acids is 3. The van der Waals surface area contributed by atoms with Crippen molar-refractivity contribution in [2.45, 2.75) is 155 Å². The lowest BCUT2D eigenvalue weighted by Gasteiger charge is -2.59. The van der Waals surface area contributed by atoms with E-state index in [9.17, 15) is 24.6 Å². The van der Waals surface area contributed by atoms with Crippen molar-refractivity contribution in [3.8, 4) is 0 Å². The van der Waals surface area contributed by atoms with Crippen LogP contribution in [0.4, 0.5) is 0 Å². The summed E-state index contributed by atoms with van der Waals surface area (Å²) in [4.78, 5) is 38.7. The second-order valence-electron chi connectivity index (χ2n) is 15.5. The summed E-state index contributed by atoms with van der Waals surface area (Å²) in [7, 11) is -2.42. The Morgan fingerprint density at radius 1 is 0.980 bits per heavy atom. The molecule has 2 aliphatic carbocycles. The first-order valence-electron chi connectivity index (χ1n) is 17.9. The molecule has 1 aromatic carbocycles. The number of benzene rings is 1. The maximum Gasteiger partial charge on any atom is 0.338 e.